The molecular formula is C16H22FNO2. The second-order valence-corrected chi connectivity index (χ2v) is 6.05. The Bertz CT molecular complexity index is 493. The summed E-state index contributed by atoms with van der Waals surface area (Å²) in [5.74, 6) is -1.56. The molecule has 0 spiro atoms. The molecule has 0 atom stereocenters. The van der Waals surface area contributed by atoms with Crippen molar-refractivity contribution in [2.24, 2.45) is 5.41 Å². The molecule has 1 aliphatic heterocycles. The average molecular weight is 279 g/mol. The van der Waals surface area contributed by atoms with Crippen LogP contribution in [0.1, 0.15) is 49.0 Å². The summed E-state index contributed by atoms with van der Waals surface area (Å²) in [5.41, 5.74) is 1.18. The molecule has 0 aliphatic carbocycles. The van der Waals surface area contributed by atoms with Crippen molar-refractivity contribution in [2.75, 3.05) is 13.1 Å². The molecule has 0 amide bonds. The van der Waals surface area contributed by atoms with Crippen LogP contribution < -0.4 is 0 Å². The molecule has 0 aromatic heterocycles. The van der Waals surface area contributed by atoms with Crippen molar-refractivity contribution >= 4 is 5.97 Å². The molecule has 110 valence electrons. The highest BCUT2D eigenvalue weighted by atomic mass is 19.1. The van der Waals surface area contributed by atoms with Gasteiger partial charge in [-0.25, -0.2) is 9.18 Å². The number of likely N-dealkylation sites (tertiary alicyclic amines) is 1. The predicted molar refractivity (Wildman–Crippen MR) is 76.3 cm³/mol. The smallest absolute Gasteiger partial charge is 0.336 e. The standard InChI is InChI=1S/C16H22FNO2/c1-3-16(2)6-8-18(9-7-16)11-12-4-5-13(17)10-14(12)15(19)20/h4-5,10H,3,6-9,11H2,1-2H3,(H,19,20). The SMILES string of the molecule is CCC1(C)CCN(Cc2ccc(F)cc2C(=O)O)CC1. The van der Waals surface area contributed by atoms with Crippen LogP contribution in [0.5, 0.6) is 0 Å². The fourth-order valence-electron chi connectivity index (χ4n) is 2.73. The number of nitrogens with zero attached hydrogens (tertiary/aromatic N) is 1. The quantitative estimate of drug-likeness (QED) is 0.916. The van der Waals surface area contributed by atoms with E-state index in [-0.39, 0.29) is 5.56 Å². The zero-order chi connectivity index (χ0) is 14.8. The van der Waals surface area contributed by atoms with Crippen molar-refractivity contribution in [1.82, 2.24) is 4.90 Å². The molecule has 1 saturated heterocycles. The maximum atomic E-state index is 13.2. The molecule has 1 aliphatic rings. The molecule has 1 aromatic rings. The fraction of sp³-hybridized carbons (Fsp3) is 0.562. The molecule has 3 nitrogen and oxygen atoms in total. The minimum atomic E-state index is -1.06. The highest BCUT2D eigenvalue weighted by molar-refractivity contribution is 5.89. The Kier molecular flexibility index (Phi) is 4.43. The lowest BCUT2D eigenvalue weighted by molar-refractivity contribution is 0.0690. The maximum absolute atomic E-state index is 13.2. The normalized spacial score (nSPS) is 18.9. The number of rotatable bonds is 4. The Hall–Kier alpha value is -1.42. The largest absolute Gasteiger partial charge is 0.478 e. The summed E-state index contributed by atoms with van der Waals surface area (Å²) in [4.78, 5) is 13.4. The van der Waals surface area contributed by atoms with E-state index in [4.69, 9.17) is 5.11 Å². The number of piperidine rings is 1. The van der Waals surface area contributed by atoms with E-state index in [2.05, 4.69) is 18.7 Å². The number of aromatic carboxylic acids is 1. The van der Waals surface area contributed by atoms with E-state index in [0.717, 1.165) is 32.0 Å². The van der Waals surface area contributed by atoms with Crippen LogP contribution in [0.2, 0.25) is 0 Å². The molecule has 2 rings (SSSR count). The Morgan fingerprint density at radius 1 is 1.40 bits per heavy atom. The van der Waals surface area contributed by atoms with E-state index < -0.39 is 11.8 Å². The molecular weight excluding hydrogens is 257 g/mol. The number of carboxylic acids is 1. The number of hydrogen-bond acceptors (Lipinski definition) is 2. The average Bonchev–Trinajstić information content (AvgIpc) is 2.43. The molecule has 0 bridgehead atoms. The summed E-state index contributed by atoms with van der Waals surface area (Å²) in [5, 5.41) is 9.16. The predicted octanol–water partition coefficient (Wildman–Crippen LogP) is 3.54. The van der Waals surface area contributed by atoms with Crippen molar-refractivity contribution in [2.45, 2.75) is 39.7 Å². The highest BCUT2D eigenvalue weighted by Gasteiger charge is 2.28. The van der Waals surface area contributed by atoms with Crippen molar-refractivity contribution < 1.29 is 14.3 Å². The van der Waals surface area contributed by atoms with E-state index >= 15 is 0 Å². The first-order valence-electron chi connectivity index (χ1n) is 7.17. The lowest BCUT2D eigenvalue weighted by atomic mass is 9.78. The van der Waals surface area contributed by atoms with Gasteiger partial charge in [0.05, 0.1) is 5.56 Å². The van der Waals surface area contributed by atoms with Gasteiger partial charge in [-0.2, -0.15) is 0 Å². The molecule has 20 heavy (non-hydrogen) atoms. The summed E-state index contributed by atoms with van der Waals surface area (Å²) in [6.45, 7) is 7.06. The third-order valence-corrected chi connectivity index (χ3v) is 4.61. The van der Waals surface area contributed by atoms with E-state index in [0.29, 0.717) is 17.5 Å². The second kappa shape index (κ2) is 5.92. The van der Waals surface area contributed by atoms with Gasteiger partial charge in [-0.1, -0.05) is 26.3 Å². The highest BCUT2D eigenvalue weighted by Crippen LogP contribution is 2.34. The molecule has 0 unspecified atom stereocenters. The summed E-state index contributed by atoms with van der Waals surface area (Å²) in [6, 6.07) is 4.03. The van der Waals surface area contributed by atoms with Crippen LogP contribution in [0.3, 0.4) is 0 Å². The third-order valence-electron chi connectivity index (χ3n) is 4.61. The summed E-state index contributed by atoms with van der Waals surface area (Å²) in [6.07, 6.45) is 3.44. The number of carboxylic acid groups (broad SMARTS) is 1. The van der Waals surface area contributed by atoms with Crippen LogP contribution in [0, 0.1) is 11.2 Å². The van der Waals surface area contributed by atoms with E-state index in [1.54, 1.807) is 6.07 Å². The Balaban J connectivity index is 2.06. The second-order valence-electron chi connectivity index (χ2n) is 6.05. The van der Waals surface area contributed by atoms with Gasteiger partial charge >= 0.3 is 5.97 Å². The molecule has 4 heteroatoms. The summed E-state index contributed by atoms with van der Waals surface area (Å²) < 4.78 is 13.2. The van der Waals surface area contributed by atoms with Gasteiger partial charge in [-0.3, -0.25) is 4.90 Å². The molecule has 1 fully saturated rings. The fourth-order valence-corrected chi connectivity index (χ4v) is 2.73. The van der Waals surface area contributed by atoms with Gasteiger partial charge in [0.1, 0.15) is 5.82 Å². The van der Waals surface area contributed by atoms with Gasteiger partial charge in [0, 0.05) is 6.54 Å². The van der Waals surface area contributed by atoms with Gasteiger partial charge in [0.2, 0.25) is 0 Å². The Morgan fingerprint density at radius 2 is 2.05 bits per heavy atom. The lowest BCUT2D eigenvalue weighted by Gasteiger charge is -2.39. The van der Waals surface area contributed by atoms with Crippen LogP contribution in [0.25, 0.3) is 0 Å². The number of halogens is 1. The summed E-state index contributed by atoms with van der Waals surface area (Å²) >= 11 is 0. The first-order valence-corrected chi connectivity index (χ1v) is 7.17. The Labute approximate surface area is 119 Å². The van der Waals surface area contributed by atoms with Crippen molar-refractivity contribution in [3.8, 4) is 0 Å². The van der Waals surface area contributed by atoms with Crippen LogP contribution in [0.15, 0.2) is 18.2 Å². The van der Waals surface area contributed by atoms with E-state index in [1.165, 1.54) is 12.5 Å². The molecule has 0 saturated carbocycles. The summed E-state index contributed by atoms with van der Waals surface area (Å²) in [7, 11) is 0. The van der Waals surface area contributed by atoms with Gasteiger partial charge in [0.25, 0.3) is 0 Å². The third kappa shape index (κ3) is 3.37. The van der Waals surface area contributed by atoms with Crippen LogP contribution in [0.4, 0.5) is 4.39 Å². The monoisotopic (exact) mass is 279 g/mol. The first-order chi connectivity index (χ1) is 9.43. The zero-order valence-corrected chi connectivity index (χ0v) is 12.2. The minimum absolute atomic E-state index is 0.0776. The van der Waals surface area contributed by atoms with E-state index in [1.807, 2.05) is 0 Å². The van der Waals surface area contributed by atoms with Crippen molar-refractivity contribution in [1.29, 1.82) is 0 Å². The number of benzene rings is 1. The lowest BCUT2D eigenvalue weighted by Crippen LogP contribution is -2.38. The van der Waals surface area contributed by atoms with Gasteiger partial charge in [0.15, 0.2) is 0 Å². The first kappa shape index (κ1) is 15.0. The Morgan fingerprint density at radius 3 is 2.60 bits per heavy atom. The minimum Gasteiger partial charge on any atom is -0.478 e. The molecule has 1 N–H and O–H groups in total. The molecule has 1 aromatic carbocycles. The number of carbonyl (C=O) groups is 1. The maximum Gasteiger partial charge on any atom is 0.336 e. The topological polar surface area (TPSA) is 40.5 Å². The van der Waals surface area contributed by atoms with Gasteiger partial charge < -0.3 is 5.11 Å². The van der Waals surface area contributed by atoms with Crippen LogP contribution in [-0.4, -0.2) is 29.1 Å². The van der Waals surface area contributed by atoms with Gasteiger partial charge in [-0.15, -0.1) is 0 Å². The van der Waals surface area contributed by atoms with Crippen LogP contribution in [-0.2, 0) is 6.54 Å². The van der Waals surface area contributed by atoms with Crippen molar-refractivity contribution in [3.63, 3.8) is 0 Å². The zero-order valence-electron chi connectivity index (χ0n) is 12.2. The van der Waals surface area contributed by atoms with Crippen molar-refractivity contribution in [3.05, 3.63) is 35.1 Å². The number of hydrogen-bond donors (Lipinski definition) is 1. The molecule has 1 heterocycles. The van der Waals surface area contributed by atoms with E-state index in [9.17, 15) is 9.18 Å². The van der Waals surface area contributed by atoms with Gasteiger partial charge in [-0.05, 0) is 49.0 Å². The van der Waals surface area contributed by atoms with Crippen LogP contribution >= 0.6 is 0 Å². The molecule has 0 radical (unpaired) electrons.